The Labute approximate surface area is 132 Å². The average Bonchev–Trinajstić information content (AvgIpc) is 2.97. The summed E-state index contributed by atoms with van der Waals surface area (Å²) in [5.74, 6) is -0.276. The van der Waals surface area contributed by atoms with Gasteiger partial charge in [0, 0.05) is 12.0 Å². The molecule has 0 heterocycles. The molecule has 0 aliphatic heterocycles. The molecular weight excluding hydrogens is 276 g/mol. The van der Waals surface area contributed by atoms with E-state index in [0.717, 1.165) is 37.7 Å². The molecule has 2 rings (SSSR count). The first kappa shape index (κ1) is 16.3. The third kappa shape index (κ3) is 4.23. The highest BCUT2D eigenvalue weighted by atomic mass is 16.6. The van der Waals surface area contributed by atoms with E-state index < -0.39 is 5.97 Å². The van der Waals surface area contributed by atoms with Gasteiger partial charge in [0.25, 0.3) is 0 Å². The summed E-state index contributed by atoms with van der Waals surface area (Å²) >= 11 is 0. The summed E-state index contributed by atoms with van der Waals surface area (Å²) in [5.41, 5.74) is 0.866. The molecule has 3 heteroatoms. The summed E-state index contributed by atoms with van der Waals surface area (Å²) in [6.45, 7) is 5.82. The summed E-state index contributed by atoms with van der Waals surface area (Å²) < 4.78 is 5.68. The molecule has 118 valence electrons. The highest BCUT2D eigenvalue weighted by Crippen LogP contribution is 2.36. The number of benzene rings is 1. The van der Waals surface area contributed by atoms with Crippen LogP contribution in [0.5, 0.6) is 0 Å². The van der Waals surface area contributed by atoms with Crippen molar-refractivity contribution in [1.82, 2.24) is 0 Å². The fraction of sp³-hybridized carbons (Fsp3) is 0.421. The number of esters is 1. The maximum Gasteiger partial charge on any atom is 0.334 e. The van der Waals surface area contributed by atoms with Crippen molar-refractivity contribution in [3.05, 3.63) is 53.8 Å². The second-order valence-corrected chi connectivity index (χ2v) is 5.96. The number of ether oxygens (including phenoxy) is 1. The van der Waals surface area contributed by atoms with Gasteiger partial charge in [-0.15, -0.1) is 0 Å². The minimum Gasteiger partial charge on any atom is -0.512 e. The van der Waals surface area contributed by atoms with E-state index in [2.05, 4.69) is 6.58 Å². The Morgan fingerprint density at radius 3 is 2.55 bits per heavy atom. The third-order valence-corrected chi connectivity index (χ3v) is 4.28. The molecule has 3 nitrogen and oxygen atoms in total. The Morgan fingerprint density at radius 2 is 1.95 bits per heavy atom. The molecule has 1 saturated carbocycles. The maximum absolute atomic E-state index is 12.2. The number of carbonyl (C=O) groups excluding carboxylic acids is 1. The molecule has 0 spiro atoms. The van der Waals surface area contributed by atoms with Gasteiger partial charge in [-0.1, -0.05) is 43.8 Å². The Hall–Kier alpha value is -2.03. The number of aliphatic hydroxyl groups excluding tert-OH is 1. The fourth-order valence-electron chi connectivity index (χ4n) is 2.90. The van der Waals surface area contributed by atoms with Crippen LogP contribution in [0.4, 0.5) is 0 Å². The third-order valence-electron chi connectivity index (χ3n) is 4.28. The van der Waals surface area contributed by atoms with Gasteiger partial charge in [0.2, 0.25) is 0 Å². The molecule has 1 aliphatic rings. The molecule has 1 aromatic carbocycles. The van der Waals surface area contributed by atoms with Crippen molar-refractivity contribution in [3.63, 3.8) is 0 Å². The summed E-state index contributed by atoms with van der Waals surface area (Å²) in [6.07, 6.45) is 6.65. The molecule has 1 aromatic rings. The van der Waals surface area contributed by atoms with Crippen LogP contribution in [0.2, 0.25) is 0 Å². The van der Waals surface area contributed by atoms with Crippen LogP contribution in [-0.4, -0.2) is 16.7 Å². The lowest BCUT2D eigenvalue weighted by molar-refractivity contribution is -0.154. The predicted octanol–water partition coefficient (Wildman–Crippen LogP) is 4.80. The number of allylic oxidation sites excluding steroid dienone is 1. The van der Waals surface area contributed by atoms with Gasteiger partial charge in [-0.3, -0.25) is 0 Å². The average molecular weight is 300 g/mol. The summed E-state index contributed by atoms with van der Waals surface area (Å²) in [7, 11) is 0. The zero-order chi connectivity index (χ0) is 16.0. The van der Waals surface area contributed by atoms with E-state index in [-0.39, 0.29) is 17.8 Å². The summed E-state index contributed by atoms with van der Waals surface area (Å²) in [5, 5.41) is 10.00. The van der Waals surface area contributed by atoms with E-state index in [1.807, 2.05) is 37.3 Å². The van der Waals surface area contributed by atoms with Gasteiger partial charge in [-0.05, 0) is 43.7 Å². The van der Waals surface area contributed by atoms with Gasteiger partial charge in [-0.2, -0.15) is 0 Å². The van der Waals surface area contributed by atoms with E-state index in [1.165, 1.54) is 0 Å². The quantitative estimate of drug-likeness (QED) is 0.466. The van der Waals surface area contributed by atoms with Crippen molar-refractivity contribution in [2.45, 2.75) is 51.0 Å². The Kier molecular flexibility index (Phi) is 5.42. The number of aliphatic hydroxyl groups is 1. The Balaban J connectivity index is 1.94. The highest BCUT2D eigenvalue weighted by Gasteiger charge is 2.36. The maximum atomic E-state index is 12.2. The molecule has 0 saturated heterocycles. The second kappa shape index (κ2) is 7.30. The SMILES string of the molecule is C=C(CC(O)=Cc1ccccc1)C(=O)OC1(CC)CCCC1. The Morgan fingerprint density at radius 1 is 1.32 bits per heavy atom. The number of hydrogen-bond acceptors (Lipinski definition) is 3. The molecule has 1 N–H and O–H groups in total. The zero-order valence-corrected chi connectivity index (χ0v) is 13.2. The molecule has 0 aromatic heterocycles. The molecule has 0 radical (unpaired) electrons. The summed E-state index contributed by atoms with van der Waals surface area (Å²) in [4.78, 5) is 12.2. The molecule has 1 fully saturated rings. The van der Waals surface area contributed by atoms with Crippen LogP contribution in [0.25, 0.3) is 6.08 Å². The lowest BCUT2D eigenvalue weighted by Gasteiger charge is -2.28. The van der Waals surface area contributed by atoms with Gasteiger partial charge >= 0.3 is 5.97 Å². The molecule has 1 aliphatic carbocycles. The van der Waals surface area contributed by atoms with Crippen molar-refractivity contribution in [2.24, 2.45) is 0 Å². The van der Waals surface area contributed by atoms with Crippen LogP contribution >= 0.6 is 0 Å². The summed E-state index contributed by atoms with van der Waals surface area (Å²) in [6, 6.07) is 9.49. The largest absolute Gasteiger partial charge is 0.512 e. The van der Waals surface area contributed by atoms with Crippen LogP contribution in [0.3, 0.4) is 0 Å². The van der Waals surface area contributed by atoms with E-state index in [4.69, 9.17) is 4.74 Å². The van der Waals surface area contributed by atoms with Gasteiger partial charge in [0.05, 0.1) is 5.76 Å². The standard InChI is InChI=1S/C19H24O3/c1-3-19(11-7-8-12-19)22-18(21)15(2)13-17(20)14-16-9-5-4-6-10-16/h4-6,9-10,14,20H,2-3,7-8,11-13H2,1H3. The van der Waals surface area contributed by atoms with Gasteiger partial charge < -0.3 is 9.84 Å². The molecule has 0 unspecified atom stereocenters. The first-order valence-corrected chi connectivity index (χ1v) is 7.90. The number of carbonyl (C=O) groups is 1. The number of hydrogen-bond donors (Lipinski definition) is 1. The normalized spacial score (nSPS) is 17.2. The van der Waals surface area contributed by atoms with Crippen LogP contribution in [-0.2, 0) is 9.53 Å². The second-order valence-electron chi connectivity index (χ2n) is 5.96. The van der Waals surface area contributed by atoms with E-state index in [9.17, 15) is 9.90 Å². The van der Waals surface area contributed by atoms with Crippen LogP contribution in [0.1, 0.15) is 51.0 Å². The van der Waals surface area contributed by atoms with E-state index >= 15 is 0 Å². The smallest absolute Gasteiger partial charge is 0.334 e. The van der Waals surface area contributed by atoms with Gasteiger partial charge in [0.15, 0.2) is 0 Å². The zero-order valence-electron chi connectivity index (χ0n) is 13.2. The molecule has 22 heavy (non-hydrogen) atoms. The van der Waals surface area contributed by atoms with Crippen molar-refractivity contribution in [3.8, 4) is 0 Å². The van der Waals surface area contributed by atoms with E-state index in [0.29, 0.717) is 5.57 Å². The first-order chi connectivity index (χ1) is 10.5. The predicted molar refractivity (Wildman–Crippen MR) is 88.4 cm³/mol. The van der Waals surface area contributed by atoms with Crippen molar-refractivity contribution >= 4 is 12.0 Å². The monoisotopic (exact) mass is 300 g/mol. The highest BCUT2D eigenvalue weighted by molar-refractivity contribution is 5.88. The number of rotatable bonds is 6. The van der Waals surface area contributed by atoms with Gasteiger partial charge in [-0.25, -0.2) is 4.79 Å². The molecular formula is C19H24O3. The van der Waals surface area contributed by atoms with Crippen molar-refractivity contribution in [1.29, 1.82) is 0 Å². The van der Waals surface area contributed by atoms with Crippen molar-refractivity contribution in [2.75, 3.05) is 0 Å². The first-order valence-electron chi connectivity index (χ1n) is 7.90. The lowest BCUT2D eigenvalue weighted by Crippen LogP contribution is -2.31. The lowest BCUT2D eigenvalue weighted by atomic mass is 9.98. The molecule has 0 bridgehead atoms. The molecule has 0 amide bonds. The van der Waals surface area contributed by atoms with Gasteiger partial charge in [0.1, 0.15) is 5.60 Å². The topological polar surface area (TPSA) is 46.5 Å². The minimum atomic E-state index is -0.392. The fourth-order valence-corrected chi connectivity index (χ4v) is 2.90. The van der Waals surface area contributed by atoms with Crippen LogP contribution < -0.4 is 0 Å². The van der Waals surface area contributed by atoms with Crippen LogP contribution in [0, 0.1) is 0 Å². The van der Waals surface area contributed by atoms with Crippen LogP contribution in [0.15, 0.2) is 48.2 Å². The van der Waals surface area contributed by atoms with E-state index in [1.54, 1.807) is 6.08 Å². The Bertz CT molecular complexity index is 551. The van der Waals surface area contributed by atoms with Crippen molar-refractivity contribution < 1.29 is 14.6 Å². The molecule has 0 atom stereocenters. The minimum absolute atomic E-state index is 0.116.